The summed E-state index contributed by atoms with van der Waals surface area (Å²) in [7, 11) is 0. The lowest BCUT2D eigenvalue weighted by Gasteiger charge is -1.85. The van der Waals surface area contributed by atoms with Crippen LogP contribution in [-0.4, -0.2) is 17.2 Å². The van der Waals surface area contributed by atoms with E-state index in [9.17, 15) is 9.18 Å². The SMILES string of the molecule is CC(F)C(=O)O.O=O. The third-order valence-corrected chi connectivity index (χ3v) is 0.340. The molecule has 48 valence electrons. The lowest BCUT2D eigenvalue weighted by atomic mass is 10.5. The van der Waals surface area contributed by atoms with Crippen LogP contribution in [0.15, 0.2) is 0 Å². The highest BCUT2D eigenvalue weighted by atomic mass is 19.1. The van der Waals surface area contributed by atoms with Crippen molar-refractivity contribution in [3.05, 3.63) is 9.93 Å². The largest absolute Gasteiger partial charge is 0.479 e. The number of aliphatic carboxylic acids is 1. The molecule has 0 aliphatic carbocycles. The number of halogens is 1. The Morgan fingerprint density at radius 2 is 1.75 bits per heavy atom. The Balaban J connectivity index is 0. The van der Waals surface area contributed by atoms with Gasteiger partial charge in [0.25, 0.3) is 0 Å². The van der Waals surface area contributed by atoms with Crippen LogP contribution in [0.4, 0.5) is 4.39 Å². The predicted octanol–water partition coefficient (Wildman–Crippen LogP) is 0.496. The van der Waals surface area contributed by atoms with Crippen molar-refractivity contribution in [2.75, 3.05) is 0 Å². The Labute approximate surface area is 44.5 Å². The molecule has 0 spiro atoms. The third-order valence-electron chi connectivity index (χ3n) is 0.340. The summed E-state index contributed by atoms with van der Waals surface area (Å²) in [6.45, 7) is 0.975. The molecule has 0 aliphatic rings. The molecule has 0 aromatic rings. The van der Waals surface area contributed by atoms with Crippen LogP contribution < -0.4 is 0 Å². The van der Waals surface area contributed by atoms with Crippen molar-refractivity contribution >= 4 is 5.97 Å². The summed E-state index contributed by atoms with van der Waals surface area (Å²) >= 11 is 0. The Hall–Kier alpha value is -1.00. The second kappa shape index (κ2) is 6.00. The van der Waals surface area contributed by atoms with Gasteiger partial charge in [-0.25, -0.2) is 9.18 Å². The topological polar surface area (TPSA) is 71.4 Å². The van der Waals surface area contributed by atoms with Crippen LogP contribution in [0.2, 0.25) is 0 Å². The maximum absolute atomic E-state index is 11.2. The van der Waals surface area contributed by atoms with Crippen molar-refractivity contribution in [1.29, 1.82) is 0 Å². The van der Waals surface area contributed by atoms with E-state index in [2.05, 4.69) is 0 Å². The molecule has 0 fully saturated rings. The number of carboxylic acid groups (broad SMARTS) is 1. The molecule has 4 nitrogen and oxygen atoms in total. The van der Waals surface area contributed by atoms with Gasteiger partial charge in [0.05, 0.1) is 0 Å². The molecule has 0 saturated heterocycles. The molecule has 0 aromatic carbocycles. The average molecular weight is 124 g/mol. The smallest absolute Gasteiger partial charge is 0.337 e. The van der Waals surface area contributed by atoms with Crippen molar-refractivity contribution < 1.29 is 14.3 Å². The summed E-state index contributed by atoms with van der Waals surface area (Å²) in [6.07, 6.45) is -1.73. The van der Waals surface area contributed by atoms with Crippen molar-refractivity contribution in [3.63, 3.8) is 0 Å². The molecule has 1 unspecified atom stereocenters. The summed E-state index contributed by atoms with van der Waals surface area (Å²) < 4.78 is 11.2. The fraction of sp³-hybridized carbons (Fsp3) is 0.667. The van der Waals surface area contributed by atoms with Gasteiger partial charge in [0.2, 0.25) is 0 Å². The molecule has 0 heterocycles. The standard InChI is InChI=1S/C3H5FO2.O2/c1-2(4)3(5)6;1-2/h2H,1H3,(H,5,6);. The number of alkyl halides is 1. The molecule has 0 saturated carbocycles. The fourth-order valence-electron chi connectivity index (χ4n) is 0. The van der Waals surface area contributed by atoms with Crippen molar-refractivity contribution in [3.8, 4) is 0 Å². The lowest BCUT2D eigenvalue weighted by Crippen LogP contribution is -2.08. The molecule has 1 atom stereocenters. The van der Waals surface area contributed by atoms with Crippen LogP contribution in [0.1, 0.15) is 6.92 Å². The van der Waals surface area contributed by atoms with E-state index >= 15 is 0 Å². The Morgan fingerprint density at radius 3 is 1.75 bits per heavy atom. The average Bonchev–Trinajstić information content (AvgIpc) is 1.72. The highest BCUT2D eigenvalue weighted by Gasteiger charge is 2.04. The molecular formula is C3H5FO4. The van der Waals surface area contributed by atoms with Gasteiger partial charge in [-0.15, -0.1) is 0 Å². The van der Waals surface area contributed by atoms with Gasteiger partial charge in [0.1, 0.15) is 0 Å². The minimum atomic E-state index is -1.73. The van der Waals surface area contributed by atoms with Crippen LogP contribution in [0.5, 0.6) is 0 Å². The first-order chi connectivity index (χ1) is 3.64. The molecule has 8 heavy (non-hydrogen) atoms. The van der Waals surface area contributed by atoms with E-state index < -0.39 is 12.1 Å². The molecular weight excluding hydrogens is 119 g/mol. The van der Waals surface area contributed by atoms with Gasteiger partial charge >= 0.3 is 5.97 Å². The second-order valence-electron chi connectivity index (χ2n) is 0.954. The van der Waals surface area contributed by atoms with E-state index in [1.807, 2.05) is 0 Å². The van der Waals surface area contributed by atoms with E-state index in [0.29, 0.717) is 0 Å². The minimum Gasteiger partial charge on any atom is -0.479 e. The Kier molecular flexibility index (Phi) is 7.56. The zero-order valence-corrected chi connectivity index (χ0v) is 4.13. The van der Waals surface area contributed by atoms with E-state index in [4.69, 9.17) is 15.0 Å². The number of carbonyl (C=O) groups is 1. The van der Waals surface area contributed by atoms with E-state index in [0.717, 1.165) is 6.92 Å². The highest BCUT2D eigenvalue weighted by Crippen LogP contribution is 1.83. The molecule has 0 rings (SSSR count). The van der Waals surface area contributed by atoms with Crippen molar-refractivity contribution in [1.82, 2.24) is 0 Å². The normalized spacial score (nSPS) is 10.8. The number of rotatable bonds is 1. The van der Waals surface area contributed by atoms with E-state index in [1.54, 1.807) is 0 Å². The van der Waals surface area contributed by atoms with Crippen molar-refractivity contribution in [2.24, 2.45) is 0 Å². The number of hydrogen-bond acceptors (Lipinski definition) is 3. The minimum absolute atomic E-state index is 0.975. The summed E-state index contributed by atoms with van der Waals surface area (Å²) in [5, 5.41) is 7.62. The summed E-state index contributed by atoms with van der Waals surface area (Å²) in [6, 6.07) is 0. The zero-order valence-electron chi connectivity index (χ0n) is 4.13. The first kappa shape index (κ1) is 10.1. The van der Waals surface area contributed by atoms with Gasteiger partial charge in [-0.05, 0) is 6.92 Å². The van der Waals surface area contributed by atoms with Gasteiger partial charge in [-0.3, -0.25) is 0 Å². The monoisotopic (exact) mass is 124 g/mol. The van der Waals surface area contributed by atoms with Crippen LogP contribution in [-0.2, 0) is 4.79 Å². The lowest BCUT2D eigenvalue weighted by molar-refractivity contribution is -0.142. The third kappa shape index (κ3) is 8.89. The molecule has 0 bridgehead atoms. The summed E-state index contributed by atoms with van der Waals surface area (Å²) in [5.41, 5.74) is 0. The van der Waals surface area contributed by atoms with E-state index in [-0.39, 0.29) is 0 Å². The molecule has 0 radical (unpaired) electrons. The molecule has 0 amide bonds. The Morgan fingerprint density at radius 1 is 1.62 bits per heavy atom. The summed E-state index contributed by atoms with van der Waals surface area (Å²) in [5.74, 6) is -1.41. The van der Waals surface area contributed by atoms with Crippen LogP contribution in [0.3, 0.4) is 0 Å². The number of carboxylic acids is 1. The van der Waals surface area contributed by atoms with Gasteiger partial charge in [0, 0.05) is 9.93 Å². The predicted molar refractivity (Wildman–Crippen MR) is 24.9 cm³/mol. The maximum Gasteiger partial charge on any atom is 0.337 e. The quantitative estimate of drug-likeness (QED) is 0.552. The molecule has 1 N–H and O–H groups in total. The molecule has 5 heteroatoms. The van der Waals surface area contributed by atoms with Crippen LogP contribution in [0, 0.1) is 9.93 Å². The molecule has 0 aromatic heterocycles. The summed E-state index contributed by atoms with van der Waals surface area (Å²) in [4.78, 5) is 23.3. The zero-order chi connectivity index (χ0) is 7.15. The van der Waals surface area contributed by atoms with Gasteiger partial charge in [-0.2, -0.15) is 0 Å². The van der Waals surface area contributed by atoms with Gasteiger partial charge < -0.3 is 5.11 Å². The van der Waals surface area contributed by atoms with Crippen LogP contribution in [0.25, 0.3) is 0 Å². The Bertz CT molecular complexity index is 71.7. The van der Waals surface area contributed by atoms with Crippen molar-refractivity contribution in [2.45, 2.75) is 13.1 Å². The first-order valence-electron chi connectivity index (χ1n) is 1.68. The van der Waals surface area contributed by atoms with Crippen LogP contribution >= 0.6 is 0 Å². The fourth-order valence-corrected chi connectivity index (χ4v) is 0. The molecule has 0 aliphatic heterocycles. The van der Waals surface area contributed by atoms with E-state index in [1.165, 1.54) is 0 Å². The second-order valence-corrected chi connectivity index (χ2v) is 0.954. The first-order valence-corrected chi connectivity index (χ1v) is 1.68. The number of hydrogen-bond donors (Lipinski definition) is 1. The maximum atomic E-state index is 11.2. The van der Waals surface area contributed by atoms with Gasteiger partial charge in [0.15, 0.2) is 6.17 Å². The van der Waals surface area contributed by atoms with Gasteiger partial charge in [-0.1, -0.05) is 0 Å². The highest BCUT2D eigenvalue weighted by molar-refractivity contribution is 5.71.